The Bertz CT molecular complexity index is 525. The summed E-state index contributed by atoms with van der Waals surface area (Å²) in [7, 11) is 3.72. The summed E-state index contributed by atoms with van der Waals surface area (Å²) < 4.78 is 39.5. The van der Waals surface area contributed by atoms with Crippen molar-refractivity contribution in [3.05, 3.63) is 17.3 Å². The van der Waals surface area contributed by atoms with Crippen molar-refractivity contribution in [2.24, 2.45) is 0 Å². The second-order valence-corrected chi connectivity index (χ2v) is 6.17. The van der Waals surface area contributed by atoms with Crippen LogP contribution in [-0.4, -0.2) is 59.5 Å². The third kappa shape index (κ3) is 3.86. The number of piperidine rings is 1. The van der Waals surface area contributed by atoms with Gasteiger partial charge in [0.15, 0.2) is 5.82 Å². The number of rotatable bonds is 3. The fraction of sp³-hybridized carbons (Fsp3) is 0.714. The molecule has 2 heterocycles. The Morgan fingerprint density at radius 3 is 2.36 bits per heavy atom. The van der Waals surface area contributed by atoms with Gasteiger partial charge in [0.05, 0.1) is 11.3 Å². The molecular formula is C14H21F3N4O. The smallest absolute Gasteiger partial charge is 0.388 e. The molecule has 0 radical (unpaired) electrons. The topological polar surface area (TPSA) is 52.5 Å². The molecule has 0 bridgehead atoms. The molecule has 1 fully saturated rings. The van der Waals surface area contributed by atoms with Crippen LogP contribution < -0.4 is 4.90 Å². The molecule has 0 atom stereocenters. The van der Waals surface area contributed by atoms with Gasteiger partial charge in [-0.25, -0.2) is 0 Å². The van der Waals surface area contributed by atoms with Crippen LogP contribution in [0.5, 0.6) is 0 Å². The minimum absolute atomic E-state index is 0.148. The van der Waals surface area contributed by atoms with Crippen LogP contribution in [0.25, 0.3) is 0 Å². The number of likely N-dealkylation sites (N-methyl/N-ethyl adjacent to an activating group) is 1. The molecular weight excluding hydrogens is 297 g/mol. The number of hydrogen-bond donors (Lipinski definition) is 1. The SMILES string of the molecule is Cc1cc(C(F)(F)F)c(N2CCC(O)(CN(C)C)CC2)nn1. The molecule has 1 N–H and O–H groups in total. The van der Waals surface area contributed by atoms with E-state index in [4.69, 9.17) is 0 Å². The van der Waals surface area contributed by atoms with Crippen molar-refractivity contribution < 1.29 is 18.3 Å². The molecule has 0 amide bonds. The van der Waals surface area contributed by atoms with Gasteiger partial charge in [-0.1, -0.05) is 0 Å². The van der Waals surface area contributed by atoms with Crippen LogP contribution in [0, 0.1) is 6.92 Å². The van der Waals surface area contributed by atoms with Crippen LogP contribution in [-0.2, 0) is 6.18 Å². The molecule has 0 spiro atoms. The summed E-state index contributed by atoms with van der Waals surface area (Å²) in [6.45, 7) is 2.63. The molecule has 8 heteroatoms. The van der Waals surface area contributed by atoms with Crippen LogP contribution in [0.4, 0.5) is 19.0 Å². The van der Waals surface area contributed by atoms with Gasteiger partial charge in [0.25, 0.3) is 0 Å². The highest BCUT2D eigenvalue weighted by Crippen LogP contribution is 2.37. The van der Waals surface area contributed by atoms with Gasteiger partial charge in [-0.05, 0) is 39.9 Å². The predicted octanol–water partition coefficient (Wildman–Crippen LogP) is 1.70. The van der Waals surface area contributed by atoms with Crippen molar-refractivity contribution >= 4 is 5.82 Å². The highest BCUT2D eigenvalue weighted by atomic mass is 19.4. The molecule has 0 aromatic carbocycles. The van der Waals surface area contributed by atoms with E-state index >= 15 is 0 Å². The third-order valence-electron chi connectivity index (χ3n) is 3.81. The first-order chi connectivity index (χ1) is 10.1. The number of alkyl halides is 3. The van der Waals surface area contributed by atoms with Gasteiger partial charge in [-0.2, -0.15) is 18.3 Å². The Labute approximate surface area is 127 Å². The number of anilines is 1. The number of nitrogens with zero attached hydrogens (tertiary/aromatic N) is 4. The normalized spacial score (nSPS) is 18.8. The zero-order valence-electron chi connectivity index (χ0n) is 13.0. The van der Waals surface area contributed by atoms with E-state index in [9.17, 15) is 18.3 Å². The molecule has 0 unspecified atom stereocenters. The number of hydrogen-bond acceptors (Lipinski definition) is 5. The van der Waals surface area contributed by atoms with Gasteiger partial charge in [0.1, 0.15) is 5.56 Å². The largest absolute Gasteiger partial charge is 0.420 e. The van der Waals surface area contributed by atoms with E-state index in [1.54, 1.807) is 4.90 Å². The first kappa shape index (κ1) is 17.0. The maximum atomic E-state index is 13.2. The van der Waals surface area contributed by atoms with Gasteiger partial charge in [0, 0.05) is 19.6 Å². The Morgan fingerprint density at radius 2 is 1.86 bits per heavy atom. The van der Waals surface area contributed by atoms with Crippen molar-refractivity contribution in [3.63, 3.8) is 0 Å². The molecule has 0 aliphatic carbocycles. The summed E-state index contributed by atoms with van der Waals surface area (Å²) in [6, 6.07) is 1.02. The van der Waals surface area contributed by atoms with Crippen LogP contribution in [0.3, 0.4) is 0 Å². The molecule has 22 heavy (non-hydrogen) atoms. The molecule has 124 valence electrons. The summed E-state index contributed by atoms with van der Waals surface area (Å²) in [5.41, 5.74) is -1.40. The molecule has 1 saturated heterocycles. The minimum Gasteiger partial charge on any atom is -0.388 e. The Kier molecular flexibility index (Phi) is 4.62. The first-order valence-corrected chi connectivity index (χ1v) is 7.14. The lowest BCUT2D eigenvalue weighted by molar-refractivity contribution is -0.137. The van der Waals surface area contributed by atoms with E-state index in [0.29, 0.717) is 32.5 Å². The lowest BCUT2D eigenvalue weighted by Gasteiger charge is -2.40. The van der Waals surface area contributed by atoms with E-state index in [1.807, 2.05) is 19.0 Å². The first-order valence-electron chi connectivity index (χ1n) is 7.14. The number of aliphatic hydroxyl groups is 1. The zero-order chi connectivity index (χ0) is 16.5. The number of aryl methyl sites for hydroxylation is 1. The molecule has 1 aromatic rings. The Hall–Kier alpha value is -1.41. The maximum absolute atomic E-state index is 13.2. The lowest BCUT2D eigenvalue weighted by Crippen LogP contribution is -2.50. The monoisotopic (exact) mass is 318 g/mol. The maximum Gasteiger partial charge on any atom is 0.420 e. The van der Waals surface area contributed by atoms with Gasteiger partial charge >= 0.3 is 6.18 Å². The van der Waals surface area contributed by atoms with Crippen LogP contribution >= 0.6 is 0 Å². The minimum atomic E-state index is -4.46. The average molecular weight is 318 g/mol. The summed E-state index contributed by atoms with van der Waals surface area (Å²) >= 11 is 0. The van der Waals surface area contributed by atoms with E-state index in [1.165, 1.54) is 6.92 Å². The highest BCUT2D eigenvalue weighted by molar-refractivity contribution is 5.48. The van der Waals surface area contributed by atoms with Crippen molar-refractivity contribution in [3.8, 4) is 0 Å². The van der Waals surface area contributed by atoms with Gasteiger partial charge in [0.2, 0.25) is 0 Å². The lowest BCUT2D eigenvalue weighted by atomic mass is 9.91. The standard InChI is InChI=1S/C14H21F3N4O/c1-10-8-11(14(15,16)17)12(19-18-10)21-6-4-13(22,5-7-21)9-20(2)3/h8,22H,4-7,9H2,1-3H3. The van der Waals surface area contributed by atoms with Crippen molar-refractivity contribution in [2.75, 3.05) is 38.6 Å². The number of aromatic nitrogens is 2. The van der Waals surface area contributed by atoms with Crippen LogP contribution in [0.2, 0.25) is 0 Å². The van der Waals surface area contributed by atoms with Gasteiger partial charge < -0.3 is 14.9 Å². The fourth-order valence-electron chi connectivity index (χ4n) is 2.81. The molecule has 5 nitrogen and oxygen atoms in total. The summed E-state index contributed by atoms with van der Waals surface area (Å²) in [5.74, 6) is -0.148. The number of halogens is 3. The Morgan fingerprint density at radius 1 is 1.27 bits per heavy atom. The summed E-state index contributed by atoms with van der Waals surface area (Å²) in [5, 5.41) is 17.9. The molecule has 1 aliphatic heterocycles. The van der Waals surface area contributed by atoms with E-state index in [-0.39, 0.29) is 11.5 Å². The van der Waals surface area contributed by atoms with Gasteiger partial charge in [-0.3, -0.25) is 0 Å². The highest BCUT2D eigenvalue weighted by Gasteiger charge is 2.39. The van der Waals surface area contributed by atoms with Crippen LogP contribution in [0.1, 0.15) is 24.1 Å². The quantitative estimate of drug-likeness (QED) is 0.919. The molecule has 0 saturated carbocycles. The van der Waals surface area contributed by atoms with E-state index < -0.39 is 17.3 Å². The van der Waals surface area contributed by atoms with E-state index in [2.05, 4.69) is 10.2 Å². The van der Waals surface area contributed by atoms with Crippen LogP contribution in [0.15, 0.2) is 6.07 Å². The molecule has 1 aromatic heterocycles. The van der Waals surface area contributed by atoms with Crippen molar-refractivity contribution in [1.29, 1.82) is 0 Å². The molecule has 1 aliphatic rings. The molecule has 2 rings (SSSR count). The zero-order valence-corrected chi connectivity index (χ0v) is 13.0. The third-order valence-corrected chi connectivity index (χ3v) is 3.81. The van der Waals surface area contributed by atoms with Crippen molar-refractivity contribution in [1.82, 2.24) is 15.1 Å². The van der Waals surface area contributed by atoms with Crippen molar-refractivity contribution in [2.45, 2.75) is 31.5 Å². The Balaban J connectivity index is 2.18. The summed E-state index contributed by atoms with van der Waals surface area (Å²) in [4.78, 5) is 3.43. The fourth-order valence-corrected chi connectivity index (χ4v) is 2.81. The predicted molar refractivity (Wildman–Crippen MR) is 76.7 cm³/mol. The average Bonchev–Trinajstić information content (AvgIpc) is 2.37. The van der Waals surface area contributed by atoms with E-state index in [0.717, 1.165) is 6.07 Å². The summed E-state index contributed by atoms with van der Waals surface area (Å²) in [6.07, 6.45) is -3.66. The second-order valence-electron chi connectivity index (χ2n) is 6.17. The van der Waals surface area contributed by atoms with Gasteiger partial charge in [-0.15, -0.1) is 5.10 Å². The second kappa shape index (κ2) is 6.00.